The number of benzene rings is 3. The van der Waals surface area contributed by atoms with Gasteiger partial charge in [0, 0.05) is 6.54 Å². The monoisotopic (exact) mass is 411 g/mol. The van der Waals surface area contributed by atoms with Crippen molar-refractivity contribution in [2.75, 3.05) is 13.2 Å². The molecule has 0 aromatic heterocycles. The van der Waals surface area contributed by atoms with E-state index in [1.165, 1.54) is 4.31 Å². The average molecular weight is 411 g/mol. The minimum absolute atomic E-state index is 0.0213. The van der Waals surface area contributed by atoms with Gasteiger partial charge in [0.05, 0.1) is 17.5 Å². The van der Waals surface area contributed by atoms with Crippen LogP contribution in [0.2, 0.25) is 0 Å². The van der Waals surface area contributed by atoms with Gasteiger partial charge in [-0.1, -0.05) is 54.6 Å². The summed E-state index contributed by atoms with van der Waals surface area (Å²) < 4.78 is 33.7. The highest BCUT2D eigenvalue weighted by atomic mass is 32.2. The van der Waals surface area contributed by atoms with E-state index < -0.39 is 28.6 Å². The first-order valence-corrected chi connectivity index (χ1v) is 10.8. The molecule has 0 radical (unpaired) electrons. The molecule has 3 aromatic rings. The zero-order valence-electron chi connectivity index (χ0n) is 15.7. The summed E-state index contributed by atoms with van der Waals surface area (Å²) in [6, 6.07) is 19.9. The van der Waals surface area contributed by atoms with Crippen molar-refractivity contribution in [3.05, 3.63) is 77.9 Å². The Bertz CT molecular complexity index is 1160. The summed E-state index contributed by atoms with van der Waals surface area (Å²) in [4.78, 5) is 11.0. The van der Waals surface area contributed by atoms with Crippen LogP contribution in [0.3, 0.4) is 0 Å². The predicted molar refractivity (Wildman–Crippen MR) is 109 cm³/mol. The Morgan fingerprint density at radius 1 is 1.00 bits per heavy atom. The van der Waals surface area contributed by atoms with Gasteiger partial charge in [-0.05, 0) is 40.5 Å². The largest absolute Gasteiger partial charge is 0.480 e. The number of fused-ring (bicyclic) bond motifs is 2. The van der Waals surface area contributed by atoms with Crippen molar-refractivity contribution >= 4 is 26.8 Å². The molecule has 1 atom stereocenters. The third kappa shape index (κ3) is 4.03. The first kappa shape index (κ1) is 19.6. The third-order valence-electron chi connectivity index (χ3n) is 5.17. The Morgan fingerprint density at radius 3 is 2.45 bits per heavy atom. The molecule has 0 saturated carbocycles. The Labute approximate surface area is 169 Å². The highest BCUT2D eigenvalue weighted by Gasteiger charge is 2.36. The molecule has 4 rings (SSSR count). The zero-order valence-corrected chi connectivity index (χ0v) is 16.5. The minimum atomic E-state index is -3.79. The molecule has 0 spiro atoms. The highest BCUT2D eigenvalue weighted by Crippen LogP contribution is 2.30. The van der Waals surface area contributed by atoms with Crippen molar-refractivity contribution < 1.29 is 23.1 Å². The molecule has 150 valence electrons. The van der Waals surface area contributed by atoms with Crippen molar-refractivity contribution in [2.24, 2.45) is 0 Å². The second-order valence-corrected chi connectivity index (χ2v) is 8.99. The molecule has 6 nitrogen and oxygen atoms in total. The topological polar surface area (TPSA) is 83.9 Å². The first-order valence-electron chi connectivity index (χ1n) is 9.32. The van der Waals surface area contributed by atoms with E-state index in [0.717, 1.165) is 21.9 Å². The molecule has 7 heteroatoms. The molecular formula is C22H21NO5S. The number of carboxylic acid groups (broad SMARTS) is 1. The standard InChI is InChI=1S/C22H21NO5S/c24-22(25)15-28-14-20-11-17-6-3-4-8-19(17)13-23(20)29(26,27)21-10-9-16-5-1-2-7-18(16)12-21/h1-10,12,20H,11,13-15H2,(H,24,25). The van der Waals surface area contributed by atoms with Gasteiger partial charge in [-0.3, -0.25) is 0 Å². The quantitative estimate of drug-likeness (QED) is 0.674. The van der Waals surface area contributed by atoms with Crippen molar-refractivity contribution in [1.29, 1.82) is 0 Å². The molecule has 1 heterocycles. The molecule has 0 aliphatic carbocycles. The van der Waals surface area contributed by atoms with E-state index in [1.807, 2.05) is 48.5 Å². The molecule has 3 aromatic carbocycles. The zero-order chi connectivity index (χ0) is 20.4. The lowest BCUT2D eigenvalue weighted by atomic mass is 9.96. The van der Waals surface area contributed by atoms with E-state index in [9.17, 15) is 13.2 Å². The summed E-state index contributed by atoms with van der Waals surface area (Å²) in [5, 5.41) is 10.7. The Hall–Kier alpha value is -2.74. The summed E-state index contributed by atoms with van der Waals surface area (Å²) in [5.41, 5.74) is 2.01. The maximum atomic E-state index is 13.5. The molecule has 1 aliphatic heterocycles. The van der Waals surface area contributed by atoms with Crippen LogP contribution in [0, 0.1) is 0 Å². The van der Waals surface area contributed by atoms with E-state index in [2.05, 4.69) is 0 Å². The van der Waals surface area contributed by atoms with Gasteiger partial charge >= 0.3 is 5.97 Å². The fraction of sp³-hybridized carbons (Fsp3) is 0.227. The van der Waals surface area contributed by atoms with Crippen LogP contribution in [0.4, 0.5) is 0 Å². The van der Waals surface area contributed by atoms with Crippen molar-refractivity contribution in [2.45, 2.75) is 23.9 Å². The van der Waals surface area contributed by atoms with Crippen LogP contribution in [-0.2, 0) is 32.5 Å². The lowest BCUT2D eigenvalue weighted by Gasteiger charge is -2.35. The van der Waals surface area contributed by atoms with Crippen LogP contribution in [0.5, 0.6) is 0 Å². The van der Waals surface area contributed by atoms with E-state index >= 15 is 0 Å². The van der Waals surface area contributed by atoms with E-state index in [1.54, 1.807) is 18.2 Å². The molecular weight excluding hydrogens is 390 g/mol. The van der Waals surface area contributed by atoms with Crippen LogP contribution in [0.25, 0.3) is 10.8 Å². The maximum absolute atomic E-state index is 13.5. The van der Waals surface area contributed by atoms with Gasteiger partial charge in [0.15, 0.2) is 0 Å². The second-order valence-electron chi connectivity index (χ2n) is 7.09. The molecule has 1 N–H and O–H groups in total. The number of nitrogens with zero attached hydrogens (tertiary/aromatic N) is 1. The summed E-state index contributed by atoms with van der Waals surface area (Å²) >= 11 is 0. The van der Waals surface area contributed by atoms with Crippen molar-refractivity contribution in [3.63, 3.8) is 0 Å². The van der Waals surface area contributed by atoms with Crippen LogP contribution < -0.4 is 0 Å². The number of carbonyl (C=O) groups is 1. The van der Waals surface area contributed by atoms with Gasteiger partial charge in [0.25, 0.3) is 0 Å². The fourth-order valence-electron chi connectivity index (χ4n) is 3.73. The van der Waals surface area contributed by atoms with Crippen molar-refractivity contribution in [1.82, 2.24) is 4.31 Å². The number of sulfonamides is 1. The fourth-order valence-corrected chi connectivity index (χ4v) is 5.36. The van der Waals surface area contributed by atoms with Crippen LogP contribution >= 0.6 is 0 Å². The van der Waals surface area contributed by atoms with Gasteiger partial charge in [0.1, 0.15) is 6.61 Å². The smallest absolute Gasteiger partial charge is 0.329 e. The maximum Gasteiger partial charge on any atom is 0.329 e. The molecule has 0 amide bonds. The van der Waals surface area contributed by atoms with Gasteiger partial charge in [-0.15, -0.1) is 0 Å². The summed E-state index contributed by atoms with van der Waals surface area (Å²) in [6.45, 7) is -0.206. The SMILES string of the molecule is O=C(O)COCC1Cc2ccccc2CN1S(=O)(=O)c1ccc2ccccc2c1. The number of hydrogen-bond donors (Lipinski definition) is 1. The van der Waals surface area contributed by atoms with E-state index in [0.29, 0.717) is 6.42 Å². The predicted octanol–water partition coefficient (Wildman–Crippen LogP) is 3.06. The van der Waals surface area contributed by atoms with Crippen molar-refractivity contribution in [3.8, 4) is 0 Å². The molecule has 1 unspecified atom stereocenters. The van der Waals surface area contributed by atoms with Crippen LogP contribution in [-0.4, -0.2) is 43.1 Å². The van der Waals surface area contributed by atoms with Gasteiger partial charge in [0.2, 0.25) is 10.0 Å². The summed E-state index contributed by atoms with van der Waals surface area (Å²) in [6.07, 6.45) is 0.475. The Balaban J connectivity index is 1.70. The normalized spacial score (nSPS) is 17.2. The van der Waals surface area contributed by atoms with E-state index in [4.69, 9.17) is 9.84 Å². The molecule has 0 fully saturated rings. The number of carboxylic acids is 1. The van der Waals surface area contributed by atoms with E-state index in [-0.39, 0.29) is 18.0 Å². The number of hydrogen-bond acceptors (Lipinski definition) is 4. The highest BCUT2D eigenvalue weighted by molar-refractivity contribution is 7.89. The minimum Gasteiger partial charge on any atom is -0.480 e. The second kappa shape index (κ2) is 7.94. The lowest BCUT2D eigenvalue weighted by Crippen LogP contribution is -2.46. The molecule has 0 saturated heterocycles. The Morgan fingerprint density at radius 2 is 1.69 bits per heavy atom. The first-order chi connectivity index (χ1) is 13.9. The molecule has 0 bridgehead atoms. The average Bonchev–Trinajstić information content (AvgIpc) is 2.72. The molecule has 29 heavy (non-hydrogen) atoms. The van der Waals surface area contributed by atoms with Crippen LogP contribution in [0.15, 0.2) is 71.6 Å². The van der Waals surface area contributed by atoms with Crippen LogP contribution in [0.1, 0.15) is 11.1 Å². The number of ether oxygens (including phenoxy) is 1. The summed E-state index contributed by atoms with van der Waals surface area (Å²) in [5.74, 6) is -1.08. The van der Waals surface area contributed by atoms with Gasteiger partial charge in [-0.25, -0.2) is 13.2 Å². The number of aliphatic carboxylic acids is 1. The molecule has 1 aliphatic rings. The van der Waals surface area contributed by atoms with Gasteiger partial charge < -0.3 is 9.84 Å². The number of rotatable bonds is 6. The van der Waals surface area contributed by atoms with Gasteiger partial charge in [-0.2, -0.15) is 4.31 Å². The lowest BCUT2D eigenvalue weighted by molar-refractivity contribution is -0.142. The Kier molecular flexibility index (Phi) is 5.36. The summed E-state index contributed by atoms with van der Waals surface area (Å²) in [7, 11) is -3.79. The third-order valence-corrected chi connectivity index (χ3v) is 7.07.